The second-order valence-electron chi connectivity index (χ2n) is 7.07. The Balaban J connectivity index is 1.63. The molecule has 0 spiro atoms. The van der Waals surface area contributed by atoms with Crippen LogP contribution in [0.15, 0.2) is 36.4 Å². The smallest absolute Gasteiger partial charge is 0.323 e. The summed E-state index contributed by atoms with van der Waals surface area (Å²) in [6.45, 7) is 1.91. The Morgan fingerprint density at radius 1 is 1.28 bits per heavy atom. The Morgan fingerprint density at radius 3 is 2.79 bits per heavy atom. The summed E-state index contributed by atoms with van der Waals surface area (Å²) in [5.41, 5.74) is 3.69. The number of aliphatic hydroxyl groups is 1. The third-order valence-corrected chi connectivity index (χ3v) is 5.01. The standard InChI is InChI=1S/C21H19FN2O5/c1-10(25)18(21(27)28)23-8-11-2-4-14-12(6-11)9-29-19(14)17-15-7-13(22)3-5-16(15)24-20(17)26/h2-7,10,18,23,25H,8-9H2,1H3,(H,24,26)(H,27,28)/t10-,18+/m0/s1. The molecule has 0 unspecified atom stereocenters. The quantitative estimate of drug-likeness (QED) is 0.575. The molecule has 0 fully saturated rings. The van der Waals surface area contributed by atoms with Crippen molar-refractivity contribution in [1.29, 1.82) is 0 Å². The van der Waals surface area contributed by atoms with Crippen molar-refractivity contribution in [3.05, 3.63) is 64.5 Å². The van der Waals surface area contributed by atoms with E-state index in [2.05, 4.69) is 10.6 Å². The molecule has 4 rings (SSSR count). The van der Waals surface area contributed by atoms with Crippen LogP contribution >= 0.6 is 0 Å². The number of carboxylic acid groups (broad SMARTS) is 1. The zero-order valence-electron chi connectivity index (χ0n) is 15.5. The van der Waals surface area contributed by atoms with Crippen molar-refractivity contribution in [1.82, 2.24) is 5.32 Å². The number of aliphatic carboxylic acids is 1. The molecular weight excluding hydrogens is 379 g/mol. The summed E-state index contributed by atoms with van der Waals surface area (Å²) < 4.78 is 19.5. The van der Waals surface area contributed by atoms with Gasteiger partial charge < -0.3 is 20.3 Å². The highest BCUT2D eigenvalue weighted by Crippen LogP contribution is 2.41. The minimum Gasteiger partial charge on any atom is -0.487 e. The van der Waals surface area contributed by atoms with E-state index in [-0.39, 0.29) is 19.1 Å². The topological polar surface area (TPSA) is 108 Å². The van der Waals surface area contributed by atoms with Gasteiger partial charge in [0.25, 0.3) is 5.91 Å². The van der Waals surface area contributed by atoms with Gasteiger partial charge in [-0.1, -0.05) is 18.2 Å². The summed E-state index contributed by atoms with van der Waals surface area (Å²) >= 11 is 0. The van der Waals surface area contributed by atoms with E-state index in [4.69, 9.17) is 9.84 Å². The van der Waals surface area contributed by atoms with Crippen molar-refractivity contribution in [2.45, 2.75) is 32.2 Å². The molecule has 0 bridgehead atoms. The highest BCUT2D eigenvalue weighted by Gasteiger charge is 2.33. The minimum atomic E-state index is -1.13. The maximum Gasteiger partial charge on any atom is 0.323 e. The molecular formula is C21H19FN2O5. The fourth-order valence-corrected chi connectivity index (χ4v) is 3.59. The third kappa shape index (κ3) is 3.48. The largest absolute Gasteiger partial charge is 0.487 e. The Bertz CT molecular complexity index is 1050. The van der Waals surface area contributed by atoms with E-state index >= 15 is 0 Å². The number of carbonyl (C=O) groups is 2. The summed E-state index contributed by atoms with van der Waals surface area (Å²) in [5.74, 6) is -1.52. The number of carbonyl (C=O) groups excluding carboxylic acids is 1. The molecule has 1 amide bonds. The first-order valence-electron chi connectivity index (χ1n) is 9.10. The third-order valence-electron chi connectivity index (χ3n) is 5.01. The molecule has 0 aromatic heterocycles. The monoisotopic (exact) mass is 398 g/mol. The predicted molar refractivity (Wildman–Crippen MR) is 103 cm³/mol. The van der Waals surface area contributed by atoms with Crippen molar-refractivity contribution in [2.24, 2.45) is 0 Å². The number of nitrogens with one attached hydrogen (secondary N) is 2. The summed E-state index contributed by atoms with van der Waals surface area (Å²) in [7, 11) is 0. The first-order valence-corrected chi connectivity index (χ1v) is 9.10. The molecule has 2 heterocycles. The molecule has 2 aromatic carbocycles. The Hall–Kier alpha value is -3.23. The maximum atomic E-state index is 13.7. The number of ether oxygens (including phenoxy) is 1. The van der Waals surface area contributed by atoms with Crippen LogP contribution in [0, 0.1) is 5.82 Å². The van der Waals surface area contributed by atoms with Crippen molar-refractivity contribution < 1.29 is 28.9 Å². The first-order chi connectivity index (χ1) is 13.8. The molecule has 8 heteroatoms. The molecule has 150 valence electrons. The fourth-order valence-electron chi connectivity index (χ4n) is 3.59. The van der Waals surface area contributed by atoms with E-state index in [1.807, 2.05) is 6.07 Å². The van der Waals surface area contributed by atoms with Crippen LogP contribution in [-0.2, 0) is 27.5 Å². The molecule has 0 radical (unpaired) electrons. The molecule has 7 nitrogen and oxygen atoms in total. The lowest BCUT2D eigenvalue weighted by Gasteiger charge is -2.17. The molecule has 0 saturated carbocycles. The Labute approximate surface area is 165 Å². The molecule has 2 aliphatic rings. The van der Waals surface area contributed by atoms with Crippen LogP contribution in [0.1, 0.15) is 29.2 Å². The van der Waals surface area contributed by atoms with E-state index in [0.717, 1.165) is 16.7 Å². The van der Waals surface area contributed by atoms with Crippen LogP contribution in [0.3, 0.4) is 0 Å². The summed E-state index contributed by atoms with van der Waals surface area (Å²) in [5, 5.41) is 24.2. The van der Waals surface area contributed by atoms with E-state index in [0.29, 0.717) is 22.6 Å². The number of fused-ring (bicyclic) bond motifs is 2. The van der Waals surface area contributed by atoms with Gasteiger partial charge in [-0.2, -0.15) is 0 Å². The van der Waals surface area contributed by atoms with Gasteiger partial charge in [0, 0.05) is 28.9 Å². The van der Waals surface area contributed by atoms with Gasteiger partial charge in [-0.3, -0.25) is 14.9 Å². The summed E-state index contributed by atoms with van der Waals surface area (Å²) in [6, 6.07) is 8.47. The average Bonchev–Trinajstić information content (AvgIpc) is 3.20. The van der Waals surface area contributed by atoms with Gasteiger partial charge in [-0.25, -0.2) is 4.39 Å². The number of rotatable bonds is 5. The van der Waals surface area contributed by atoms with Gasteiger partial charge in [-0.05, 0) is 30.7 Å². The SMILES string of the molecule is C[C@H](O)[C@@H](NCc1ccc2c(c1)COC2=C1C(=O)Nc2ccc(F)cc21)C(=O)O. The van der Waals surface area contributed by atoms with E-state index in [9.17, 15) is 19.1 Å². The van der Waals surface area contributed by atoms with Gasteiger partial charge in [-0.15, -0.1) is 0 Å². The molecule has 0 aliphatic carbocycles. The molecule has 2 aliphatic heterocycles. The number of benzene rings is 2. The van der Waals surface area contributed by atoms with Crippen LogP contribution in [0.4, 0.5) is 10.1 Å². The molecule has 2 aromatic rings. The number of anilines is 1. The maximum absolute atomic E-state index is 13.7. The zero-order chi connectivity index (χ0) is 20.7. The van der Waals surface area contributed by atoms with Crippen molar-refractivity contribution in [2.75, 3.05) is 5.32 Å². The number of halogens is 1. The van der Waals surface area contributed by atoms with Crippen LogP contribution in [0.25, 0.3) is 11.3 Å². The fraction of sp³-hybridized carbons (Fsp3) is 0.238. The molecule has 2 atom stereocenters. The van der Waals surface area contributed by atoms with Gasteiger partial charge in [0.15, 0.2) is 0 Å². The number of hydrogen-bond acceptors (Lipinski definition) is 5. The van der Waals surface area contributed by atoms with E-state index in [1.54, 1.807) is 12.1 Å². The predicted octanol–water partition coefficient (Wildman–Crippen LogP) is 2.10. The normalized spacial score (nSPS) is 19.2. The van der Waals surface area contributed by atoms with Gasteiger partial charge >= 0.3 is 5.97 Å². The second kappa shape index (κ2) is 7.31. The van der Waals surface area contributed by atoms with Crippen LogP contribution in [-0.4, -0.2) is 34.2 Å². The summed E-state index contributed by atoms with van der Waals surface area (Å²) in [4.78, 5) is 23.6. The molecule has 29 heavy (non-hydrogen) atoms. The van der Waals surface area contributed by atoms with Crippen LogP contribution in [0.5, 0.6) is 0 Å². The highest BCUT2D eigenvalue weighted by atomic mass is 19.1. The average molecular weight is 398 g/mol. The number of amides is 1. The molecule has 4 N–H and O–H groups in total. The van der Waals surface area contributed by atoms with Crippen molar-refractivity contribution in [3.8, 4) is 0 Å². The van der Waals surface area contributed by atoms with Gasteiger partial charge in [0.05, 0.1) is 11.7 Å². The summed E-state index contributed by atoms with van der Waals surface area (Å²) in [6.07, 6.45) is -1.04. The first kappa shape index (κ1) is 19.1. The number of hydrogen-bond donors (Lipinski definition) is 4. The van der Waals surface area contributed by atoms with Gasteiger partial charge in [0.1, 0.15) is 24.2 Å². The van der Waals surface area contributed by atoms with Gasteiger partial charge in [0.2, 0.25) is 0 Å². The van der Waals surface area contributed by atoms with E-state index in [1.165, 1.54) is 25.1 Å². The zero-order valence-corrected chi connectivity index (χ0v) is 15.5. The lowest BCUT2D eigenvalue weighted by molar-refractivity contribution is -0.142. The second-order valence-corrected chi connectivity index (χ2v) is 7.07. The highest BCUT2D eigenvalue weighted by molar-refractivity contribution is 6.36. The number of aliphatic hydroxyl groups excluding tert-OH is 1. The number of carboxylic acids is 1. The Morgan fingerprint density at radius 2 is 2.07 bits per heavy atom. The van der Waals surface area contributed by atoms with Crippen LogP contribution < -0.4 is 10.6 Å². The van der Waals surface area contributed by atoms with Crippen LogP contribution in [0.2, 0.25) is 0 Å². The molecule has 0 saturated heterocycles. The Kier molecular flexibility index (Phi) is 4.81. The van der Waals surface area contributed by atoms with Crippen molar-refractivity contribution in [3.63, 3.8) is 0 Å². The lowest BCUT2D eigenvalue weighted by atomic mass is 9.99. The lowest BCUT2D eigenvalue weighted by Crippen LogP contribution is -2.44. The van der Waals surface area contributed by atoms with Crippen molar-refractivity contribution >= 4 is 28.9 Å². The minimum absolute atomic E-state index is 0.246. The van der Waals surface area contributed by atoms with E-state index < -0.39 is 23.9 Å².